The fraction of sp³-hybridized carbons (Fsp3) is 0.562. The van der Waals surface area contributed by atoms with Crippen LogP contribution in [0.2, 0.25) is 0 Å². The van der Waals surface area contributed by atoms with Gasteiger partial charge in [-0.15, -0.1) is 0 Å². The number of rotatable bonds is 8. The van der Waals surface area contributed by atoms with E-state index in [1.165, 1.54) is 0 Å². The number of Topliss-reactive ketones (excluding diaryl/α,β-unsaturated/α-hetero) is 1. The molecule has 0 saturated carbocycles. The number of halogens is 1. The van der Waals surface area contributed by atoms with Crippen LogP contribution in [0.5, 0.6) is 11.5 Å². The summed E-state index contributed by atoms with van der Waals surface area (Å²) < 4.78 is 11.3. The first kappa shape index (κ1) is 17.0. The van der Waals surface area contributed by atoms with E-state index in [-0.39, 0.29) is 11.7 Å². The van der Waals surface area contributed by atoms with Crippen molar-refractivity contribution in [1.82, 2.24) is 0 Å². The van der Waals surface area contributed by atoms with Gasteiger partial charge in [-0.05, 0) is 34.8 Å². The van der Waals surface area contributed by atoms with E-state index in [9.17, 15) is 4.79 Å². The summed E-state index contributed by atoms with van der Waals surface area (Å²) in [4.78, 5) is 12.7. The standard InChI is InChI=1S/C16H23BrO3/c1-5-7-8-11(6-2)16(18)15-13(17)9-12(19-3)10-14(15)20-4/h9-11H,5-8H2,1-4H3. The number of ketones is 1. The number of carbonyl (C=O) groups excluding carboxylic acids is 1. The molecule has 0 spiro atoms. The van der Waals surface area contributed by atoms with Crippen LogP contribution in [0.3, 0.4) is 0 Å². The van der Waals surface area contributed by atoms with E-state index < -0.39 is 0 Å². The highest BCUT2D eigenvalue weighted by atomic mass is 79.9. The normalized spacial score (nSPS) is 12.1. The first-order valence-corrected chi connectivity index (χ1v) is 7.83. The summed E-state index contributed by atoms with van der Waals surface area (Å²) in [6.07, 6.45) is 3.94. The second-order valence-corrected chi connectivity index (χ2v) is 5.65. The lowest BCUT2D eigenvalue weighted by atomic mass is 9.90. The molecule has 0 fully saturated rings. The van der Waals surface area contributed by atoms with Crippen LogP contribution in [0.25, 0.3) is 0 Å². The average Bonchev–Trinajstić information content (AvgIpc) is 2.46. The summed E-state index contributed by atoms with van der Waals surface area (Å²) >= 11 is 3.47. The molecule has 20 heavy (non-hydrogen) atoms. The third-order valence-electron chi connectivity index (χ3n) is 3.50. The van der Waals surface area contributed by atoms with Crippen molar-refractivity contribution in [2.45, 2.75) is 39.5 Å². The number of methoxy groups -OCH3 is 2. The maximum atomic E-state index is 12.7. The van der Waals surface area contributed by atoms with Crippen LogP contribution >= 0.6 is 15.9 Å². The molecule has 0 N–H and O–H groups in total. The molecule has 0 amide bonds. The molecule has 0 aromatic heterocycles. The van der Waals surface area contributed by atoms with Crippen molar-refractivity contribution in [1.29, 1.82) is 0 Å². The molecule has 1 aromatic carbocycles. The minimum absolute atomic E-state index is 0.0496. The Hall–Kier alpha value is -1.03. The maximum Gasteiger partial charge on any atom is 0.170 e. The van der Waals surface area contributed by atoms with Crippen molar-refractivity contribution in [2.24, 2.45) is 5.92 Å². The first-order valence-electron chi connectivity index (χ1n) is 7.04. The highest BCUT2D eigenvalue weighted by Crippen LogP contribution is 2.35. The van der Waals surface area contributed by atoms with E-state index in [0.717, 1.165) is 30.2 Å². The predicted octanol–water partition coefficient (Wildman–Crippen LogP) is 4.87. The van der Waals surface area contributed by atoms with Crippen LogP contribution in [0.15, 0.2) is 16.6 Å². The fourth-order valence-corrected chi connectivity index (χ4v) is 2.87. The van der Waals surface area contributed by atoms with Gasteiger partial charge in [-0.25, -0.2) is 0 Å². The van der Waals surface area contributed by atoms with Crippen molar-refractivity contribution in [3.63, 3.8) is 0 Å². The molecule has 112 valence electrons. The maximum absolute atomic E-state index is 12.7. The van der Waals surface area contributed by atoms with Gasteiger partial charge in [0, 0.05) is 16.5 Å². The Morgan fingerprint density at radius 3 is 2.45 bits per heavy atom. The third kappa shape index (κ3) is 3.98. The molecule has 0 saturated heterocycles. The van der Waals surface area contributed by atoms with Crippen LogP contribution < -0.4 is 9.47 Å². The Morgan fingerprint density at radius 1 is 1.25 bits per heavy atom. The number of ether oxygens (including phenoxy) is 2. The summed E-state index contributed by atoms with van der Waals surface area (Å²) in [6.45, 7) is 4.20. The summed E-state index contributed by atoms with van der Waals surface area (Å²) in [6, 6.07) is 3.56. The lowest BCUT2D eigenvalue weighted by Crippen LogP contribution is -2.16. The van der Waals surface area contributed by atoms with Crippen LogP contribution in [0.4, 0.5) is 0 Å². The van der Waals surface area contributed by atoms with Crippen molar-refractivity contribution in [2.75, 3.05) is 14.2 Å². The fourth-order valence-electron chi connectivity index (χ4n) is 2.25. The van der Waals surface area contributed by atoms with E-state index in [2.05, 4.69) is 29.8 Å². The summed E-state index contributed by atoms with van der Waals surface area (Å²) in [7, 11) is 3.17. The SMILES string of the molecule is CCCCC(CC)C(=O)c1c(Br)cc(OC)cc1OC. The van der Waals surface area contributed by atoms with Gasteiger partial charge < -0.3 is 9.47 Å². The van der Waals surface area contributed by atoms with Gasteiger partial charge in [-0.1, -0.05) is 26.7 Å². The van der Waals surface area contributed by atoms with Crippen molar-refractivity contribution in [3.8, 4) is 11.5 Å². The number of benzene rings is 1. The van der Waals surface area contributed by atoms with Crippen LogP contribution in [-0.2, 0) is 0 Å². The predicted molar refractivity (Wildman–Crippen MR) is 84.9 cm³/mol. The van der Waals surface area contributed by atoms with Gasteiger partial charge in [0.25, 0.3) is 0 Å². The van der Waals surface area contributed by atoms with Gasteiger partial charge in [0.05, 0.1) is 19.8 Å². The van der Waals surface area contributed by atoms with E-state index in [4.69, 9.17) is 9.47 Å². The smallest absolute Gasteiger partial charge is 0.170 e. The molecule has 0 radical (unpaired) electrons. The molecule has 0 heterocycles. The first-order chi connectivity index (χ1) is 9.58. The minimum atomic E-state index is 0.0496. The highest BCUT2D eigenvalue weighted by molar-refractivity contribution is 9.10. The van der Waals surface area contributed by atoms with Crippen molar-refractivity contribution >= 4 is 21.7 Å². The molecule has 3 nitrogen and oxygen atoms in total. The van der Waals surface area contributed by atoms with Crippen LogP contribution in [0.1, 0.15) is 49.9 Å². The van der Waals surface area contributed by atoms with E-state index in [1.807, 2.05) is 6.07 Å². The molecule has 4 heteroatoms. The zero-order chi connectivity index (χ0) is 15.1. The van der Waals surface area contributed by atoms with Crippen molar-refractivity contribution in [3.05, 3.63) is 22.2 Å². The molecule has 0 aliphatic heterocycles. The minimum Gasteiger partial charge on any atom is -0.497 e. The summed E-state index contributed by atoms with van der Waals surface area (Å²) in [5.74, 6) is 1.43. The lowest BCUT2D eigenvalue weighted by molar-refractivity contribution is 0.0904. The number of hydrogen-bond donors (Lipinski definition) is 0. The second kappa shape index (κ2) is 8.30. The summed E-state index contributed by atoms with van der Waals surface area (Å²) in [5.41, 5.74) is 0.622. The molecular weight excluding hydrogens is 320 g/mol. The number of carbonyl (C=O) groups is 1. The van der Waals surface area contributed by atoms with Gasteiger partial charge in [-0.2, -0.15) is 0 Å². The Labute approximate surface area is 129 Å². The zero-order valence-electron chi connectivity index (χ0n) is 12.7. The summed E-state index contributed by atoms with van der Waals surface area (Å²) in [5, 5.41) is 0. The van der Waals surface area contributed by atoms with Gasteiger partial charge in [0.1, 0.15) is 11.5 Å². The van der Waals surface area contributed by atoms with E-state index >= 15 is 0 Å². The van der Waals surface area contributed by atoms with Crippen LogP contribution in [0, 0.1) is 5.92 Å². The average molecular weight is 343 g/mol. The lowest BCUT2D eigenvalue weighted by Gasteiger charge is -2.17. The third-order valence-corrected chi connectivity index (χ3v) is 4.12. The second-order valence-electron chi connectivity index (χ2n) is 4.80. The van der Waals surface area contributed by atoms with Gasteiger partial charge in [0.2, 0.25) is 0 Å². The monoisotopic (exact) mass is 342 g/mol. The highest BCUT2D eigenvalue weighted by Gasteiger charge is 2.24. The molecule has 0 aliphatic carbocycles. The largest absolute Gasteiger partial charge is 0.497 e. The van der Waals surface area contributed by atoms with E-state index in [1.54, 1.807) is 20.3 Å². The molecule has 1 aromatic rings. The molecule has 1 rings (SSSR count). The van der Waals surface area contributed by atoms with Crippen LogP contribution in [-0.4, -0.2) is 20.0 Å². The molecule has 0 aliphatic rings. The topological polar surface area (TPSA) is 35.5 Å². The Balaban J connectivity index is 3.13. The zero-order valence-corrected chi connectivity index (χ0v) is 14.2. The van der Waals surface area contributed by atoms with Gasteiger partial charge in [0.15, 0.2) is 5.78 Å². The van der Waals surface area contributed by atoms with E-state index in [0.29, 0.717) is 17.1 Å². The molecule has 1 unspecified atom stereocenters. The van der Waals surface area contributed by atoms with Gasteiger partial charge >= 0.3 is 0 Å². The van der Waals surface area contributed by atoms with Crippen molar-refractivity contribution < 1.29 is 14.3 Å². The van der Waals surface area contributed by atoms with Gasteiger partial charge in [-0.3, -0.25) is 4.79 Å². The quantitative estimate of drug-likeness (QED) is 0.632. The molecule has 0 bridgehead atoms. The molecular formula is C16H23BrO3. The molecule has 1 atom stereocenters. The Bertz CT molecular complexity index is 457. The Kier molecular flexibility index (Phi) is 7.06. The number of hydrogen-bond acceptors (Lipinski definition) is 3. The number of unbranched alkanes of at least 4 members (excludes halogenated alkanes) is 1. The Morgan fingerprint density at radius 2 is 1.95 bits per heavy atom.